The molecule has 4 nitrogen and oxygen atoms in total. The van der Waals surface area contributed by atoms with Crippen LogP contribution >= 0.6 is 11.3 Å². The Morgan fingerprint density at radius 2 is 2.10 bits per heavy atom. The zero-order valence-electron chi connectivity index (χ0n) is 11.6. The van der Waals surface area contributed by atoms with Gasteiger partial charge in [0.25, 0.3) is 0 Å². The van der Waals surface area contributed by atoms with Crippen molar-refractivity contribution in [3.8, 4) is 5.75 Å². The van der Waals surface area contributed by atoms with E-state index in [9.17, 15) is 0 Å². The molecule has 0 saturated carbocycles. The summed E-state index contributed by atoms with van der Waals surface area (Å²) >= 11 is 1.58. The van der Waals surface area contributed by atoms with Gasteiger partial charge in [-0.15, -0.1) is 11.3 Å². The number of aromatic nitrogens is 1. The number of fused-ring (bicyclic) bond motifs is 1. The van der Waals surface area contributed by atoms with Gasteiger partial charge in [0.2, 0.25) is 0 Å². The molecule has 5 heteroatoms. The van der Waals surface area contributed by atoms with E-state index in [1.54, 1.807) is 18.4 Å². The van der Waals surface area contributed by atoms with Gasteiger partial charge in [-0.25, -0.2) is 4.98 Å². The summed E-state index contributed by atoms with van der Waals surface area (Å²) in [7, 11) is 1.72. The second-order valence-corrected chi connectivity index (χ2v) is 6.22. The summed E-state index contributed by atoms with van der Waals surface area (Å²) in [5, 5.41) is 0.655. The van der Waals surface area contributed by atoms with Crippen LogP contribution in [0.1, 0.15) is 16.0 Å². The highest BCUT2D eigenvalue weighted by Crippen LogP contribution is 2.23. The maximum Gasteiger partial charge on any atom is 0.180 e. The maximum absolute atomic E-state index is 5.69. The third-order valence-corrected chi connectivity index (χ3v) is 4.57. The fraction of sp³-hybridized carbons (Fsp3) is 0.400. The van der Waals surface area contributed by atoms with Gasteiger partial charge < -0.3 is 10.5 Å². The number of nitrogens with zero attached hydrogens (tertiary/aromatic N) is 2. The van der Waals surface area contributed by atoms with E-state index in [2.05, 4.69) is 28.1 Å². The lowest BCUT2D eigenvalue weighted by Gasteiger charge is -2.18. The highest BCUT2D eigenvalue weighted by molar-refractivity contribution is 7.15. The van der Waals surface area contributed by atoms with E-state index in [0.717, 1.165) is 38.2 Å². The van der Waals surface area contributed by atoms with Gasteiger partial charge >= 0.3 is 0 Å². The third-order valence-electron chi connectivity index (χ3n) is 3.76. The zero-order valence-corrected chi connectivity index (χ0v) is 12.4. The van der Waals surface area contributed by atoms with Gasteiger partial charge in [0.1, 0.15) is 5.75 Å². The topological polar surface area (TPSA) is 51.4 Å². The number of benzene rings is 1. The lowest BCUT2D eigenvalue weighted by Crippen LogP contribution is -2.25. The molecule has 0 radical (unpaired) electrons. The van der Waals surface area contributed by atoms with Crippen LogP contribution in [0.3, 0.4) is 0 Å². The standard InChI is InChI=1S/C15H19N3OS/c1-19-13-3-2-11-4-6-18(7-5-12(11)8-13)10-14-9-17-15(16)20-14/h2-3,8-9H,4-7,10H2,1H3,(H2,16,17). The second kappa shape index (κ2) is 5.81. The molecule has 106 valence electrons. The lowest BCUT2D eigenvalue weighted by atomic mass is 10.0. The van der Waals surface area contributed by atoms with E-state index in [4.69, 9.17) is 10.5 Å². The molecule has 1 aliphatic rings. The van der Waals surface area contributed by atoms with Gasteiger partial charge in [-0.1, -0.05) is 6.07 Å². The predicted octanol–water partition coefficient (Wildman–Crippen LogP) is 2.33. The normalized spacial score (nSPS) is 15.7. The number of ether oxygens (including phenoxy) is 1. The van der Waals surface area contributed by atoms with Crippen molar-refractivity contribution in [1.29, 1.82) is 0 Å². The summed E-state index contributed by atoms with van der Waals surface area (Å²) in [5.41, 5.74) is 8.54. The molecule has 0 unspecified atom stereocenters. The van der Waals surface area contributed by atoms with Crippen molar-refractivity contribution in [3.05, 3.63) is 40.4 Å². The SMILES string of the molecule is COc1ccc2c(c1)CCN(Cc1cnc(N)s1)CC2. The Morgan fingerprint density at radius 1 is 1.30 bits per heavy atom. The molecule has 0 atom stereocenters. The van der Waals surface area contributed by atoms with E-state index in [-0.39, 0.29) is 0 Å². The minimum atomic E-state index is 0.655. The molecule has 20 heavy (non-hydrogen) atoms. The molecule has 0 bridgehead atoms. The van der Waals surface area contributed by atoms with Crippen molar-refractivity contribution in [2.75, 3.05) is 25.9 Å². The summed E-state index contributed by atoms with van der Waals surface area (Å²) in [5.74, 6) is 0.951. The third kappa shape index (κ3) is 2.94. The first-order valence-corrected chi connectivity index (χ1v) is 7.64. The van der Waals surface area contributed by atoms with Crippen molar-refractivity contribution in [2.24, 2.45) is 0 Å². The first-order valence-electron chi connectivity index (χ1n) is 6.83. The molecule has 3 rings (SSSR count). The molecule has 2 heterocycles. The zero-order chi connectivity index (χ0) is 13.9. The fourth-order valence-electron chi connectivity index (χ4n) is 2.65. The van der Waals surface area contributed by atoms with Crippen LogP contribution in [0.5, 0.6) is 5.75 Å². The molecule has 1 aliphatic heterocycles. The number of hydrogen-bond donors (Lipinski definition) is 1. The van der Waals surface area contributed by atoms with Crippen LogP contribution in [0.25, 0.3) is 0 Å². The Balaban J connectivity index is 1.69. The minimum absolute atomic E-state index is 0.655. The van der Waals surface area contributed by atoms with Crippen LogP contribution in [0.15, 0.2) is 24.4 Å². The van der Waals surface area contributed by atoms with Gasteiger partial charge in [-0.3, -0.25) is 4.90 Å². The molecule has 0 fully saturated rings. The number of nitrogen functional groups attached to an aromatic ring is 1. The number of hydrogen-bond acceptors (Lipinski definition) is 5. The predicted molar refractivity (Wildman–Crippen MR) is 82.2 cm³/mol. The van der Waals surface area contributed by atoms with Gasteiger partial charge in [-0.2, -0.15) is 0 Å². The summed E-state index contributed by atoms with van der Waals surface area (Å²) in [6.45, 7) is 3.09. The summed E-state index contributed by atoms with van der Waals surface area (Å²) in [6.07, 6.45) is 4.05. The second-order valence-electron chi connectivity index (χ2n) is 5.08. The van der Waals surface area contributed by atoms with E-state index in [0.29, 0.717) is 5.13 Å². The molecule has 2 N–H and O–H groups in total. The van der Waals surface area contributed by atoms with Crippen molar-refractivity contribution >= 4 is 16.5 Å². The first-order chi connectivity index (χ1) is 9.74. The maximum atomic E-state index is 5.69. The molecule has 0 amide bonds. The average Bonchev–Trinajstić information content (AvgIpc) is 2.76. The molecule has 1 aromatic carbocycles. The molecule has 0 saturated heterocycles. The van der Waals surface area contributed by atoms with Crippen LogP contribution in [-0.2, 0) is 19.4 Å². The van der Waals surface area contributed by atoms with E-state index in [1.165, 1.54) is 16.0 Å². The Kier molecular flexibility index (Phi) is 3.89. The van der Waals surface area contributed by atoms with Crippen molar-refractivity contribution in [3.63, 3.8) is 0 Å². The smallest absolute Gasteiger partial charge is 0.180 e. The van der Waals surface area contributed by atoms with Crippen LogP contribution in [0.4, 0.5) is 5.13 Å². The number of methoxy groups -OCH3 is 1. The molecule has 2 aromatic rings. The first kappa shape index (κ1) is 13.4. The number of nitrogens with two attached hydrogens (primary N) is 1. The van der Waals surface area contributed by atoms with E-state index >= 15 is 0 Å². The van der Waals surface area contributed by atoms with Crippen molar-refractivity contribution in [2.45, 2.75) is 19.4 Å². The van der Waals surface area contributed by atoms with Gasteiger partial charge in [0.05, 0.1) is 7.11 Å². The quantitative estimate of drug-likeness (QED) is 0.942. The van der Waals surface area contributed by atoms with Crippen LogP contribution < -0.4 is 10.5 Å². The van der Waals surface area contributed by atoms with Crippen molar-refractivity contribution in [1.82, 2.24) is 9.88 Å². The fourth-order valence-corrected chi connectivity index (χ4v) is 3.38. The summed E-state index contributed by atoms with van der Waals surface area (Å²) < 4.78 is 5.31. The summed E-state index contributed by atoms with van der Waals surface area (Å²) in [4.78, 5) is 7.83. The minimum Gasteiger partial charge on any atom is -0.497 e. The summed E-state index contributed by atoms with van der Waals surface area (Å²) in [6, 6.07) is 6.42. The molecular formula is C15H19N3OS. The monoisotopic (exact) mass is 289 g/mol. The number of rotatable bonds is 3. The lowest BCUT2D eigenvalue weighted by molar-refractivity contribution is 0.281. The highest BCUT2D eigenvalue weighted by Gasteiger charge is 2.15. The van der Waals surface area contributed by atoms with E-state index in [1.807, 2.05) is 6.20 Å². The Bertz CT molecular complexity index is 597. The number of anilines is 1. The van der Waals surface area contributed by atoms with Gasteiger partial charge in [-0.05, 0) is 36.1 Å². The van der Waals surface area contributed by atoms with Gasteiger partial charge in [0, 0.05) is 30.7 Å². The Labute approximate surface area is 123 Å². The van der Waals surface area contributed by atoms with Gasteiger partial charge in [0.15, 0.2) is 5.13 Å². The van der Waals surface area contributed by atoms with Crippen LogP contribution in [0, 0.1) is 0 Å². The van der Waals surface area contributed by atoms with Crippen LogP contribution in [0.2, 0.25) is 0 Å². The molecule has 1 aromatic heterocycles. The molecule has 0 spiro atoms. The van der Waals surface area contributed by atoms with Crippen molar-refractivity contribution < 1.29 is 4.74 Å². The largest absolute Gasteiger partial charge is 0.497 e. The Morgan fingerprint density at radius 3 is 2.80 bits per heavy atom. The van der Waals surface area contributed by atoms with E-state index < -0.39 is 0 Å². The number of thiazole rings is 1. The average molecular weight is 289 g/mol. The highest BCUT2D eigenvalue weighted by atomic mass is 32.1. The molecule has 0 aliphatic carbocycles. The Hall–Kier alpha value is -1.59. The van der Waals surface area contributed by atoms with Crippen LogP contribution in [-0.4, -0.2) is 30.1 Å². The molecular weight excluding hydrogens is 270 g/mol.